The van der Waals surface area contributed by atoms with Crippen molar-refractivity contribution in [2.75, 3.05) is 42.5 Å². The van der Waals surface area contributed by atoms with Crippen molar-refractivity contribution in [2.45, 2.75) is 26.0 Å². The number of rotatable bonds is 5. The highest BCUT2D eigenvalue weighted by molar-refractivity contribution is 5.95. The average molecular weight is 434 g/mol. The molecule has 8 nitrogen and oxygen atoms in total. The number of hydrogen-bond donors (Lipinski definition) is 2. The van der Waals surface area contributed by atoms with E-state index in [1.807, 2.05) is 24.3 Å². The van der Waals surface area contributed by atoms with Crippen LogP contribution in [0.25, 0.3) is 10.8 Å². The summed E-state index contributed by atoms with van der Waals surface area (Å²) in [5, 5.41) is 15.8. The van der Waals surface area contributed by atoms with Crippen molar-refractivity contribution in [1.29, 1.82) is 0 Å². The Morgan fingerprint density at radius 3 is 2.75 bits per heavy atom. The molecule has 3 aromatic rings. The highest BCUT2D eigenvalue weighted by Gasteiger charge is 2.27. The third-order valence-corrected chi connectivity index (χ3v) is 6.09. The van der Waals surface area contributed by atoms with Gasteiger partial charge in [-0.3, -0.25) is 4.79 Å². The first-order chi connectivity index (χ1) is 15.6. The molecule has 2 N–H and O–H groups in total. The number of aldehydes is 1. The molecule has 0 unspecified atom stereocenters. The number of carbonyl (C=O) groups excluding carboxylic acids is 1. The first-order valence-corrected chi connectivity index (χ1v) is 11.1. The summed E-state index contributed by atoms with van der Waals surface area (Å²) in [6.45, 7) is 6.61. The molecule has 1 saturated heterocycles. The number of piperazine rings is 1. The zero-order valence-electron chi connectivity index (χ0n) is 18.1. The van der Waals surface area contributed by atoms with Crippen LogP contribution in [0.2, 0.25) is 0 Å². The summed E-state index contributed by atoms with van der Waals surface area (Å²) in [5.74, 6) is 1.16. The lowest BCUT2D eigenvalue weighted by atomic mass is 10.0. The minimum Gasteiger partial charge on any atom is -0.508 e. The molecule has 8 heteroatoms. The Hall–Kier alpha value is -3.39. The average Bonchev–Trinajstić information content (AvgIpc) is 2.83. The van der Waals surface area contributed by atoms with Crippen LogP contribution in [-0.4, -0.2) is 60.2 Å². The van der Waals surface area contributed by atoms with E-state index in [1.165, 1.54) is 0 Å². The van der Waals surface area contributed by atoms with Crippen molar-refractivity contribution in [3.63, 3.8) is 0 Å². The van der Waals surface area contributed by atoms with Crippen LogP contribution in [0, 0.1) is 0 Å². The van der Waals surface area contributed by atoms with Crippen LogP contribution in [0.1, 0.15) is 18.2 Å². The third kappa shape index (κ3) is 3.93. The minimum atomic E-state index is -0.612. The molecule has 0 spiro atoms. The van der Waals surface area contributed by atoms with Gasteiger partial charge in [-0.2, -0.15) is 9.97 Å². The van der Waals surface area contributed by atoms with Crippen molar-refractivity contribution in [1.82, 2.24) is 15.3 Å². The van der Waals surface area contributed by atoms with Crippen LogP contribution >= 0.6 is 0 Å². The van der Waals surface area contributed by atoms with E-state index in [0.717, 1.165) is 79.0 Å². The molecule has 2 aliphatic rings. The molecule has 2 aliphatic heterocycles. The molecule has 0 saturated carbocycles. The molecule has 0 radical (unpaired) electrons. The molecule has 1 aromatic heterocycles. The summed E-state index contributed by atoms with van der Waals surface area (Å²) in [6.07, 6.45) is 0.930. The topological polar surface area (TPSA) is 90.8 Å². The zero-order chi connectivity index (χ0) is 22.1. The fourth-order valence-electron chi connectivity index (χ4n) is 4.52. The number of nitrogens with one attached hydrogen (secondary N) is 1. The molecule has 2 aromatic carbocycles. The van der Waals surface area contributed by atoms with Gasteiger partial charge in [0, 0.05) is 55.4 Å². The zero-order valence-corrected chi connectivity index (χ0v) is 18.1. The lowest BCUT2D eigenvalue weighted by Gasteiger charge is -2.35. The van der Waals surface area contributed by atoms with Gasteiger partial charge < -0.3 is 25.0 Å². The van der Waals surface area contributed by atoms with E-state index in [0.29, 0.717) is 6.54 Å². The van der Waals surface area contributed by atoms with Gasteiger partial charge in [-0.25, -0.2) is 0 Å². The number of nitrogens with zero attached hydrogens (tertiary/aromatic N) is 4. The van der Waals surface area contributed by atoms with E-state index in [4.69, 9.17) is 14.7 Å². The molecule has 166 valence electrons. The molecule has 0 aliphatic carbocycles. The fourth-order valence-corrected chi connectivity index (χ4v) is 4.52. The van der Waals surface area contributed by atoms with Gasteiger partial charge in [0.05, 0.1) is 12.2 Å². The maximum atomic E-state index is 11.1. The van der Waals surface area contributed by atoms with E-state index in [9.17, 15) is 9.90 Å². The Morgan fingerprint density at radius 1 is 1.12 bits per heavy atom. The van der Waals surface area contributed by atoms with Gasteiger partial charge >= 0.3 is 6.01 Å². The molecule has 3 heterocycles. The Morgan fingerprint density at radius 2 is 1.94 bits per heavy atom. The predicted molar refractivity (Wildman–Crippen MR) is 124 cm³/mol. The summed E-state index contributed by atoms with van der Waals surface area (Å²) >= 11 is 0. The van der Waals surface area contributed by atoms with Crippen LogP contribution in [0.4, 0.5) is 11.5 Å². The van der Waals surface area contributed by atoms with Crippen molar-refractivity contribution >= 4 is 28.6 Å². The van der Waals surface area contributed by atoms with Gasteiger partial charge in [0.2, 0.25) is 0 Å². The van der Waals surface area contributed by atoms with E-state index in [1.54, 1.807) is 13.0 Å². The number of hydrogen-bond acceptors (Lipinski definition) is 8. The number of phenolic OH excluding ortho intramolecular Hbond substituents is 1. The molecule has 32 heavy (non-hydrogen) atoms. The molecule has 1 fully saturated rings. The molecule has 5 rings (SSSR count). The third-order valence-electron chi connectivity index (χ3n) is 6.09. The van der Waals surface area contributed by atoms with Crippen LogP contribution < -0.4 is 19.9 Å². The highest BCUT2D eigenvalue weighted by Crippen LogP contribution is 2.36. The first-order valence-electron chi connectivity index (χ1n) is 11.1. The number of carbonyl (C=O) groups is 1. The van der Waals surface area contributed by atoms with Crippen LogP contribution in [0.15, 0.2) is 36.4 Å². The summed E-state index contributed by atoms with van der Waals surface area (Å²) in [7, 11) is 0. The quantitative estimate of drug-likeness (QED) is 0.593. The van der Waals surface area contributed by atoms with Gasteiger partial charge in [0.1, 0.15) is 11.6 Å². The van der Waals surface area contributed by atoms with E-state index >= 15 is 0 Å². The molecule has 0 bridgehead atoms. The van der Waals surface area contributed by atoms with Crippen molar-refractivity contribution in [2.24, 2.45) is 0 Å². The smallest absolute Gasteiger partial charge is 0.319 e. The molecular weight excluding hydrogens is 406 g/mol. The van der Waals surface area contributed by atoms with Crippen LogP contribution in [0.3, 0.4) is 0 Å². The summed E-state index contributed by atoms with van der Waals surface area (Å²) in [6, 6.07) is 11.9. The maximum absolute atomic E-state index is 11.1. The first kappa shape index (κ1) is 20.5. The minimum absolute atomic E-state index is 0.236. The van der Waals surface area contributed by atoms with Crippen LogP contribution in [0.5, 0.6) is 11.8 Å². The summed E-state index contributed by atoms with van der Waals surface area (Å²) in [5.41, 5.74) is 3.02. The number of ether oxygens (including phenoxy) is 1. The Balaban J connectivity index is 1.54. The SMILES string of the molecule is C[C@H](C=O)Oc1nc2c(c(N3CCNCC3)n1)CCN(c1cc(O)cc3ccccc13)C2. The fraction of sp³-hybridized carbons (Fsp3) is 0.375. The van der Waals surface area contributed by atoms with E-state index < -0.39 is 6.10 Å². The van der Waals surface area contributed by atoms with Crippen molar-refractivity contribution < 1.29 is 14.6 Å². The van der Waals surface area contributed by atoms with Gasteiger partial charge in [0.25, 0.3) is 0 Å². The lowest BCUT2D eigenvalue weighted by molar-refractivity contribution is -0.113. The van der Waals surface area contributed by atoms with E-state index in [2.05, 4.69) is 21.2 Å². The molecule has 1 atom stereocenters. The summed E-state index contributed by atoms with van der Waals surface area (Å²) in [4.78, 5) is 25.1. The second-order valence-corrected chi connectivity index (χ2v) is 8.31. The maximum Gasteiger partial charge on any atom is 0.319 e. The number of aromatic hydroxyl groups is 1. The van der Waals surface area contributed by atoms with E-state index in [-0.39, 0.29) is 11.8 Å². The Labute approximate surface area is 186 Å². The van der Waals surface area contributed by atoms with Gasteiger partial charge in [-0.15, -0.1) is 0 Å². The van der Waals surface area contributed by atoms with Gasteiger partial charge in [-0.1, -0.05) is 24.3 Å². The highest BCUT2D eigenvalue weighted by atomic mass is 16.5. The summed E-state index contributed by atoms with van der Waals surface area (Å²) < 4.78 is 5.70. The number of benzene rings is 2. The lowest BCUT2D eigenvalue weighted by Crippen LogP contribution is -2.45. The Bertz CT molecular complexity index is 1150. The van der Waals surface area contributed by atoms with Crippen molar-refractivity contribution in [3.05, 3.63) is 47.7 Å². The number of fused-ring (bicyclic) bond motifs is 2. The van der Waals surface area contributed by atoms with Gasteiger partial charge in [0.15, 0.2) is 12.4 Å². The number of phenols is 1. The monoisotopic (exact) mass is 433 g/mol. The second-order valence-electron chi connectivity index (χ2n) is 8.31. The number of aromatic nitrogens is 2. The normalized spacial score (nSPS) is 17.2. The predicted octanol–water partition coefficient (Wildman–Crippen LogP) is 2.27. The van der Waals surface area contributed by atoms with Crippen molar-refractivity contribution in [3.8, 4) is 11.8 Å². The second kappa shape index (κ2) is 8.63. The number of anilines is 2. The standard InChI is InChI=1S/C24H27N5O3/c1-16(15-30)32-24-26-21-14-29(22-13-18(31)12-17-4-2-3-5-19(17)22)9-6-20(21)23(27-24)28-10-7-25-8-11-28/h2-5,12-13,15-16,25,31H,6-11,14H2,1H3/t16-/m1/s1. The molecule has 0 amide bonds. The Kier molecular flexibility index (Phi) is 5.53. The van der Waals surface area contributed by atoms with Crippen LogP contribution in [-0.2, 0) is 17.8 Å². The largest absolute Gasteiger partial charge is 0.508 e. The molecular formula is C24H27N5O3. The van der Waals surface area contributed by atoms with Gasteiger partial charge in [-0.05, 0) is 24.8 Å².